The van der Waals surface area contributed by atoms with Crippen LogP contribution in [0, 0.1) is 0 Å². The van der Waals surface area contributed by atoms with Gasteiger partial charge in [-0.05, 0) is 69.5 Å². The minimum Gasteiger partial charge on any atom is -0.485 e. The van der Waals surface area contributed by atoms with E-state index in [1.165, 1.54) is 0 Å². The Morgan fingerprint density at radius 3 is 2.45 bits per heavy atom. The summed E-state index contributed by atoms with van der Waals surface area (Å²) >= 11 is 12.8. The average molecular weight is 423 g/mol. The fourth-order valence-electron chi connectivity index (χ4n) is 1.72. The van der Waals surface area contributed by atoms with Crippen molar-refractivity contribution in [3.8, 4) is 5.75 Å². The first-order valence-corrected chi connectivity index (χ1v) is 8.34. The van der Waals surface area contributed by atoms with Gasteiger partial charge in [0.05, 0.1) is 14.6 Å². The third kappa shape index (κ3) is 3.77. The average Bonchev–Trinajstić information content (AvgIpc) is 2.86. The van der Waals surface area contributed by atoms with Gasteiger partial charge in [-0.1, -0.05) is 0 Å². The summed E-state index contributed by atoms with van der Waals surface area (Å²) in [5.41, 5.74) is 1.93. The topological polar surface area (TPSA) is 27.1 Å². The molecule has 2 rings (SSSR count). The van der Waals surface area contributed by atoms with Crippen LogP contribution in [0.25, 0.3) is 0 Å². The van der Waals surface area contributed by atoms with E-state index in [0.717, 1.165) is 26.0 Å². The van der Waals surface area contributed by atoms with Crippen molar-refractivity contribution in [2.24, 2.45) is 0 Å². The molecule has 1 aromatic carbocycles. The summed E-state index contributed by atoms with van der Waals surface area (Å²) in [4.78, 5) is 0. The molecule has 108 valence electrons. The Kier molecular flexibility index (Phi) is 5.52. The molecule has 6 heteroatoms. The zero-order valence-electron chi connectivity index (χ0n) is 11.2. The molecule has 2 aromatic rings. The molecule has 0 saturated carbocycles. The van der Waals surface area contributed by atoms with Gasteiger partial charge in [0.15, 0.2) is 0 Å². The SMILES string of the molecule is CC(C)n1ccc(COc2c(Br)cc(CCl)cc2Br)n1. The minimum absolute atomic E-state index is 0.352. The van der Waals surface area contributed by atoms with Crippen molar-refractivity contribution in [1.82, 2.24) is 9.78 Å². The zero-order valence-corrected chi connectivity index (χ0v) is 15.2. The highest BCUT2D eigenvalue weighted by Crippen LogP contribution is 2.35. The van der Waals surface area contributed by atoms with Crippen molar-refractivity contribution in [2.45, 2.75) is 32.4 Å². The summed E-state index contributed by atoms with van der Waals surface area (Å²) < 4.78 is 9.51. The number of hydrogen-bond donors (Lipinski definition) is 0. The van der Waals surface area contributed by atoms with Gasteiger partial charge in [0.1, 0.15) is 12.4 Å². The van der Waals surface area contributed by atoms with E-state index in [1.807, 2.05) is 29.1 Å². The summed E-state index contributed by atoms with van der Waals surface area (Å²) in [7, 11) is 0. The highest BCUT2D eigenvalue weighted by molar-refractivity contribution is 9.11. The lowest BCUT2D eigenvalue weighted by atomic mass is 10.2. The molecular weight excluding hydrogens is 407 g/mol. The Bertz CT molecular complexity index is 576. The summed E-state index contributed by atoms with van der Waals surface area (Å²) in [6, 6.07) is 6.24. The molecule has 1 heterocycles. The predicted octanol–water partition coefficient (Wildman–Crippen LogP) is 5.31. The van der Waals surface area contributed by atoms with E-state index in [9.17, 15) is 0 Å². The van der Waals surface area contributed by atoms with E-state index < -0.39 is 0 Å². The van der Waals surface area contributed by atoms with Crippen LogP contribution in [0.3, 0.4) is 0 Å². The molecule has 3 nitrogen and oxygen atoms in total. The van der Waals surface area contributed by atoms with Gasteiger partial charge in [-0.15, -0.1) is 11.6 Å². The van der Waals surface area contributed by atoms with Gasteiger partial charge in [-0.3, -0.25) is 4.68 Å². The van der Waals surface area contributed by atoms with E-state index in [2.05, 4.69) is 50.8 Å². The summed E-state index contributed by atoms with van der Waals surface area (Å²) in [6.07, 6.45) is 1.96. The number of nitrogens with zero attached hydrogens (tertiary/aromatic N) is 2. The van der Waals surface area contributed by atoms with Crippen LogP contribution in [0.4, 0.5) is 0 Å². The second-order valence-electron chi connectivity index (χ2n) is 4.69. The molecule has 0 fully saturated rings. The van der Waals surface area contributed by atoms with E-state index in [4.69, 9.17) is 16.3 Å². The van der Waals surface area contributed by atoms with E-state index in [-0.39, 0.29) is 0 Å². The van der Waals surface area contributed by atoms with Crippen molar-refractivity contribution in [1.29, 1.82) is 0 Å². The Labute approximate surface area is 140 Å². The largest absolute Gasteiger partial charge is 0.485 e. The molecule has 0 amide bonds. The fourth-order valence-corrected chi connectivity index (χ4v) is 3.38. The summed E-state index contributed by atoms with van der Waals surface area (Å²) in [5.74, 6) is 1.23. The number of aromatic nitrogens is 2. The monoisotopic (exact) mass is 420 g/mol. The zero-order chi connectivity index (χ0) is 14.7. The Morgan fingerprint density at radius 1 is 1.30 bits per heavy atom. The van der Waals surface area contributed by atoms with Crippen molar-refractivity contribution in [3.05, 3.63) is 44.6 Å². The Morgan fingerprint density at radius 2 is 1.95 bits per heavy atom. The summed E-state index contributed by atoms with van der Waals surface area (Å²) in [6.45, 7) is 4.61. The van der Waals surface area contributed by atoms with Crippen LogP contribution in [-0.4, -0.2) is 9.78 Å². The predicted molar refractivity (Wildman–Crippen MR) is 88.3 cm³/mol. The van der Waals surface area contributed by atoms with Crippen LogP contribution in [0.5, 0.6) is 5.75 Å². The van der Waals surface area contributed by atoms with Gasteiger partial charge in [0.25, 0.3) is 0 Å². The second-order valence-corrected chi connectivity index (χ2v) is 6.67. The van der Waals surface area contributed by atoms with Gasteiger partial charge in [0.2, 0.25) is 0 Å². The molecule has 1 aromatic heterocycles. The first kappa shape index (κ1) is 15.9. The number of ether oxygens (including phenoxy) is 1. The van der Waals surface area contributed by atoms with E-state index in [1.54, 1.807) is 0 Å². The summed E-state index contributed by atoms with van der Waals surface area (Å²) in [5, 5.41) is 4.46. The van der Waals surface area contributed by atoms with Crippen molar-refractivity contribution >= 4 is 43.5 Å². The van der Waals surface area contributed by atoms with Crippen LogP contribution < -0.4 is 4.74 Å². The highest BCUT2D eigenvalue weighted by Gasteiger charge is 2.10. The van der Waals surface area contributed by atoms with E-state index in [0.29, 0.717) is 18.5 Å². The number of rotatable bonds is 5. The van der Waals surface area contributed by atoms with Crippen LogP contribution in [0.15, 0.2) is 33.3 Å². The van der Waals surface area contributed by atoms with Gasteiger partial charge < -0.3 is 4.74 Å². The van der Waals surface area contributed by atoms with Crippen molar-refractivity contribution in [3.63, 3.8) is 0 Å². The molecule has 0 saturated heterocycles. The maximum Gasteiger partial charge on any atom is 0.148 e. The fraction of sp³-hybridized carbons (Fsp3) is 0.357. The normalized spacial score (nSPS) is 11.1. The van der Waals surface area contributed by atoms with Gasteiger partial charge >= 0.3 is 0 Å². The standard InChI is InChI=1S/C14H15Br2ClN2O/c1-9(2)19-4-3-11(18-19)8-20-14-12(15)5-10(7-17)6-13(14)16/h3-6,9H,7-8H2,1-2H3. The number of alkyl halides is 1. The lowest BCUT2D eigenvalue weighted by molar-refractivity contribution is 0.295. The van der Waals surface area contributed by atoms with E-state index >= 15 is 0 Å². The first-order chi connectivity index (χ1) is 9.51. The lowest BCUT2D eigenvalue weighted by Gasteiger charge is -2.11. The molecule has 0 spiro atoms. The highest BCUT2D eigenvalue weighted by atomic mass is 79.9. The minimum atomic E-state index is 0.352. The molecule has 0 aliphatic carbocycles. The lowest BCUT2D eigenvalue weighted by Crippen LogP contribution is -2.03. The maximum absolute atomic E-state index is 5.83. The van der Waals surface area contributed by atoms with Crippen LogP contribution in [0.1, 0.15) is 31.1 Å². The Balaban J connectivity index is 2.10. The Hall–Kier alpha value is -0.520. The third-order valence-corrected chi connectivity index (χ3v) is 4.26. The molecular formula is C14H15Br2ClN2O. The molecule has 0 aliphatic heterocycles. The molecule has 20 heavy (non-hydrogen) atoms. The molecule has 0 N–H and O–H groups in total. The first-order valence-electron chi connectivity index (χ1n) is 6.22. The smallest absolute Gasteiger partial charge is 0.148 e. The molecule has 0 bridgehead atoms. The number of hydrogen-bond acceptors (Lipinski definition) is 2. The number of halogens is 3. The number of benzene rings is 1. The second kappa shape index (κ2) is 6.96. The van der Waals surface area contributed by atoms with Crippen molar-refractivity contribution < 1.29 is 4.74 Å². The molecule has 0 aliphatic rings. The molecule has 0 atom stereocenters. The van der Waals surface area contributed by atoms with Gasteiger partial charge in [-0.25, -0.2) is 0 Å². The molecule has 0 unspecified atom stereocenters. The molecule has 0 radical (unpaired) electrons. The van der Waals surface area contributed by atoms with Crippen LogP contribution in [-0.2, 0) is 12.5 Å². The van der Waals surface area contributed by atoms with Crippen molar-refractivity contribution in [2.75, 3.05) is 0 Å². The quantitative estimate of drug-likeness (QED) is 0.611. The van der Waals surface area contributed by atoms with Crippen LogP contribution in [0.2, 0.25) is 0 Å². The third-order valence-electron chi connectivity index (χ3n) is 2.77. The van der Waals surface area contributed by atoms with Crippen LogP contribution >= 0.6 is 43.5 Å². The van der Waals surface area contributed by atoms with Gasteiger partial charge in [0, 0.05) is 18.1 Å². The van der Waals surface area contributed by atoms with Gasteiger partial charge in [-0.2, -0.15) is 5.10 Å². The maximum atomic E-state index is 5.83.